The van der Waals surface area contributed by atoms with E-state index in [9.17, 15) is 9.59 Å². The smallest absolute Gasteiger partial charge is 0.410 e. The standard InChI is InChI=1S/C27H33Cl2N3O4/c1-27(2,3)36-26(34)31-14-6-13-30(15-16-31)25(33)32-17-21(18-32)35-24(19-9-11-20(28)12-10-19)22-7-4-5-8-23(22)29/h4-5,7-12,21,24H,6,13-18H2,1-3H3. The number of nitrogens with zero attached hydrogens (tertiary/aromatic N) is 3. The maximum absolute atomic E-state index is 13.1. The maximum atomic E-state index is 13.1. The van der Waals surface area contributed by atoms with Crippen LogP contribution < -0.4 is 0 Å². The molecule has 9 heteroatoms. The van der Waals surface area contributed by atoms with Crippen molar-refractivity contribution in [2.45, 2.75) is 45.0 Å². The molecule has 0 bridgehead atoms. The Hall–Kier alpha value is -2.48. The molecule has 0 radical (unpaired) electrons. The van der Waals surface area contributed by atoms with Gasteiger partial charge in [-0.1, -0.05) is 53.5 Å². The molecule has 2 heterocycles. The Balaban J connectivity index is 1.34. The lowest BCUT2D eigenvalue weighted by atomic mass is 10.0. The van der Waals surface area contributed by atoms with Gasteiger partial charge in [0.25, 0.3) is 0 Å². The fraction of sp³-hybridized carbons (Fsp3) is 0.481. The molecule has 0 N–H and O–H groups in total. The molecule has 36 heavy (non-hydrogen) atoms. The number of carbonyl (C=O) groups is 2. The largest absolute Gasteiger partial charge is 0.444 e. The van der Waals surface area contributed by atoms with Gasteiger partial charge in [-0.05, 0) is 51.0 Å². The van der Waals surface area contributed by atoms with Crippen LogP contribution in [-0.4, -0.2) is 77.8 Å². The van der Waals surface area contributed by atoms with Crippen LogP contribution in [0.3, 0.4) is 0 Å². The average Bonchev–Trinajstić information content (AvgIpc) is 3.05. The molecule has 2 fully saturated rings. The van der Waals surface area contributed by atoms with Crippen molar-refractivity contribution in [3.8, 4) is 0 Å². The summed E-state index contributed by atoms with van der Waals surface area (Å²) in [5, 5.41) is 1.28. The van der Waals surface area contributed by atoms with Crippen LogP contribution in [0.5, 0.6) is 0 Å². The number of likely N-dealkylation sites (tertiary alicyclic amines) is 1. The van der Waals surface area contributed by atoms with Crippen molar-refractivity contribution in [2.75, 3.05) is 39.3 Å². The molecule has 1 atom stereocenters. The van der Waals surface area contributed by atoms with Crippen LogP contribution in [0.4, 0.5) is 9.59 Å². The molecule has 0 aromatic heterocycles. The van der Waals surface area contributed by atoms with E-state index in [2.05, 4.69) is 0 Å². The van der Waals surface area contributed by atoms with Gasteiger partial charge in [0, 0.05) is 41.8 Å². The van der Waals surface area contributed by atoms with E-state index in [1.54, 1.807) is 9.80 Å². The number of urea groups is 1. The van der Waals surface area contributed by atoms with Gasteiger partial charge in [0.1, 0.15) is 11.7 Å². The predicted molar refractivity (Wildman–Crippen MR) is 141 cm³/mol. The Morgan fingerprint density at radius 3 is 2.19 bits per heavy atom. The summed E-state index contributed by atoms with van der Waals surface area (Å²) >= 11 is 12.6. The van der Waals surface area contributed by atoms with E-state index in [1.165, 1.54) is 0 Å². The Morgan fingerprint density at radius 2 is 1.53 bits per heavy atom. The second-order valence-electron chi connectivity index (χ2n) is 10.2. The number of hydrogen-bond donors (Lipinski definition) is 0. The van der Waals surface area contributed by atoms with E-state index in [4.69, 9.17) is 32.7 Å². The highest BCUT2D eigenvalue weighted by atomic mass is 35.5. The third-order valence-electron chi connectivity index (χ3n) is 6.23. The minimum atomic E-state index is -0.542. The number of hydrogen-bond acceptors (Lipinski definition) is 4. The number of ether oxygens (including phenoxy) is 2. The molecule has 2 aromatic rings. The van der Waals surface area contributed by atoms with Gasteiger partial charge in [-0.25, -0.2) is 9.59 Å². The van der Waals surface area contributed by atoms with Crippen LogP contribution >= 0.6 is 23.2 Å². The summed E-state index contributed by atoms with van der Waals surface area (Å²) in [6.45, 7) is 8.67. The maximum Gasteiger partial charge on any atom is 0.410 e. The normalized spacial score (nSPS) is 17.9. The first-order valence-corrected chi connectivity index (χ1v) is 13.0. The minimum absolute atomic E-state index is 0.0262. The van der Waals surface area contributed by atoms with Gasteiger partial charge in [-0.2, -0.15) is 0 Å². The van der Waals surface area contributed by atoms with Gasteiger partial charge in [-0.15, -0.1) is 0 Å². The van der Waals surface area contributed by atoms with E-state index >= 15 is 0 Å². The summed E-state index contributed by atoms with van der Waals surface area (Å²) in [5.74, 6) is 0. The topological polar surface area (TPSA) is 62.3 Å². The zero-order valence-corrected chi connectivity index (χ0v) is 22.5. The molecule has 2 aliphatic heterocycles. The Bertz CT molecular complexity index is 1070. The van der Waals surface area contributed by atoms with E-state index in [0.717, 1.165) is 11.1 Å². The van der Waals surface area contributed by atoms with Crippen molar-refractivity contribution in [1.29, 1.82) is 0 Å². The van der Waals surface area contributed by atoms with Crippen LogP contribution in [-0.2, 0) is 9.47 Å². The van der Waals surface area contributed by atoms with Gasteiger partial charge in [0.15, 0.2) is 0 Å². The summed E-state index contributed by atoms with van der Waals surface area (Å²) in [6.07, 6.45) is -0.0962. The molecule has 0 saturated carbocycles. The summed E-state index contributed by atoms with van der Waals surface area (Å²) in [4.78, 5) is 30.8. The van der Waals surface area contributed by atoms with Crippen LogP contribution in [0.1, 0.15) is 44.4 Å². The summed E-state index contributed by atoms with van der Waals surface area (Å²) in [5.41, 5.74) is 1.28. The van der Waals surface area contributed by atoms with Crippen molar-refractivity contribution in [2.24, 2.45) is 0 Å². The van der Waals surface area contributed by atoms with E-state index in [-0.39, 0.29) is 24.3 Å². The molecule has 2 saturated heterocycles. The predicted octanol–water partition coefficient (Wildman–Crippen LogP) is 5.85. The first-order chi connectivity index (χ1) is 17.1. The van der Waals surface area contributed by atoms with Gasteiger partial charge in [-0.3, -0.25) is 0 Å². The highest BCUT2D eigenvalue weighted by Gasteiger charge is 2.37. The van der Waals surface area contributed by atoms with Crippen molar-refractivity contribution in [3.05, 3.63) is 69.7 Å². The molecular formula is C27H33Cl2N3O4. The molecule has 3 amide bonds. The third-order valence-corrected chi connectivity index (χ3v) is 6.82. The highest BCUT2D eigenvalue weighted by molar-refractivity contribution is 6.31. The Morgan fingerprint density at radius 1 is 0.889 bits per heavy atom. The molecule has 194 valence electrons. The Kier molecular flexibility index (Phi) is 8.33. The number of carbonyl (C=O) groups excluding carboxylic acids is 2. The first-order valence-electron chi connectivity index (χ1n) is 12.3. The second kappa shape index (κ2) is 11.3. The van der Waals surface area contributed by atoms with E-state index in [0.29, 0.717) is 55.7 Å². The van der Waals surface area contributed by atoms with Gasteiger partial charge < -0.3 is 24.2 Å². The van der Waals surface area contributed by atoms with Crippen LogP contribution in [0, 0.1) is 0 Å². The lowest BCUT2D eigenvalue weighted by Crippen LogP contribution is -2.59. The van der Waals surface area contributed by atoms with Crippen molar-refractivity contribution < 1.29 is 19.1 Å². The molecule has 7 nitrogen and oxygen atoms in total. The molecular weight excluding hydrogens is 501 g/mol. The van der Waals surface area contributed by atoms with Gasteiger partial charge in [0.05, 0.1) is 19.2 Å². The lowest BCUT2D eigenvalue weighted by Gasteiger charge is -2.43. The Labute approximate surface area is 222 Å². The molecule has 4 rings (SSSR count). The fourth-order valence-electron chi connectivity index (χ4n) is 4.35. The van der Waals surface area contributed by atoms with Crippen molar-refractivity contribution >= 4 is 35.3 Å². The minimum Gasteiger partial charge on any atom is -0.444 e. The third kappa shape index (κ3) is 6.64. The first kappa shape index (κ1) is 26.6. The quantitative estimate of drug-likeness (QED) is 0.494. The van der Waals surface area contributed by atoms with E-state index in [1.807, 2.05) is 74.2 Å². The number of halogens is 2. The summed E-state index contributed by atoms with van der Waals surface area (Å²) in [6, 6.07) is 15.1. The van der Waals surface area contributed by atoms with Crippen LogP contribution in [0.15, 0.2) is 48.5 Å². The lowest BCUT2D eigenvalue weighted by molar-refractivity contribution is -0.0685. The van der Waals surface area contributed by atoms with Gasteiger partial charge in [0.2, 0.25) is 0 Å². The molecule has 2 aliphatic rings. The summed E-state index contributed by atoms with van der Waals surface area (Å²) < 4.78 is 11.9. The van der Waals surface area contributed by atoms with E-state index < -0.39 is 5.60 Å². The highest BCUT2D eigenvalue weighted by Crippen LogP contribution is 2.34. The molecule has 2 aromatic carbocycles. The average molecular weight is 534 g/mol. The summed E-state index contributed by atoms with van der Waals surface area (Å²) in [7, 11) is 0. The molecule has 1 unspecified atom stereocenters. The number of rotatable bonds is 4. The van der Waals surface area contributed by atoms with Crippen molar-refractivity contribution in [3.63, 3.8) is 0 Å². The zero-order valence-electron chi connectivity index (χ0n) is 21.0. The zero-order chi connectivity index (χ0) is 25.9. The molecule has 0 aliphatic carbocycles. The van der Waals surface area contributed by atoms with Crippen LogP contribution in [0.2, 0.25) is 10.0 Å². The SMILES string of the molecule is CC(C)(C)OC(=O)N1CCCN(C(=O)N2CC(OC(c3ccc(Cl)cc3)c3ccccc3Cl)C2)CC1. The number of benzene rings is 2. The number of amides is 3. The fourth-order valence-corrected chi connectivity index (χ4v) is 4.71. The molecule has 0 spiro atoms. The van der Waals surface area contributed by atoms with Crippen LogP contribution in [0.25, 0.3) is 0 Å². The van der Waals surface area contributed by atoms with Crippen molar-refractivity contribution in [1.82, 2.24) is 14.7 Å². The van der Waals surface area contributed by atoms with Gasteiger partial charge >= 0.3 is 12.1 Å². The second-order valence-corrected chi connectivity index (χ2v) is 11.1. The monoisotopic (exact) mass is 533 g/mol.